The third kappa shape index (κ3) is 3.62. The van der Waals surface area contributed by atoms with Crippen LogP contribution in [-0.2, 0) is 4.79 Å². The summed E-state index contributed by atoms with van der Waals surface area (Å²) in [7, 11) is 3.17. The van der Waals surface area contributed by atoms with Crippen LogP contribution in [0.15, 0.2) is 58.4 Å². The Morgan fingerprint density at radius 3 is 2.48 bits per heavy atom. The maximum atomic E-state index is 13.1. The minimum atomic E-state index is -0.347. The van der Waals surface area contributed by atoms with Crippen LogP contribution in [0.1, 0.15) is 5.56 Å². The maximum Gasteiger partial charge on any atom is 0.269 e. The fourth-order valence-electron chi connectivity index (χ4n) is 2.72. The monoisotopic (exact) mass is 425 g/mol. The fraction of sp³-hybridized carbons (Fsp3) is 0.100. The van der Waals surface area contributed by atoms with Gasteiger partial charge in [0, 0.05) is 13.2 Å². The van der Waals surface area contributed by atoms with Gasteiger partial charge in [-0.3, -0.25) is 18.9 Å². The lowest BCUT2D eigenvalue weighted by Crippen LogP contribution is -2.22. The molecular formula is C20H15N3O4S2. The second-order valence-electron chi connectivity index (χ2n) is 6.08. The number of hydrogen-bond acceptors (Lipinski definition) is 7. The van der Waals surface area contributed by atoms with Gasteiger partial charge in [-0.15, -0.1) is 0 Å². The highest BCUT2D eigenvalue weighted by molar-refractivity contribution is 8.26. The summed E-state index contributed by atoms with van der Waals surface area (Å²) in [6, 6.07) is 12.1. The largest absolute Gasteiger partial charge is 0.497 e. The highest BCUT2D eigenvalue weighted by Gasteiger charge is 2.29. The van der Waals surface area contributed by atoms with E-state index in [-0.39, 0.29) is 22.9 Å². The lowest BCUT2D eigenvalue weighted by atomic mass is 10.2. The quantitative estimate of drug-likeness (QED) is 0.469. The summed E-state index contributed by atoms with van der Waals surface area (Å²) in [5.74, 6) is 0.993. The summed E-state index contributed by atoms with van der Waals surface area (Å²) in [5.41, 5.74) is 0.250. The second kappa shape index (κ2) is 7.69. The van der Waals surface area contributed by atoms with Gasteiger partial charge < -0.3 is 9.47 Å². The Bertz CT molecular complexity index is 1220. The van der Waals surface area contributed by atoms with Gasteiger partial charge in [-0.2, -0.15) is 4.98 Å². The van der Waals surface area contributed by atoms with Crippen molar-refractivity contribution in [1.82, 2.24) is 14.3 Å². The number of ether oxygens (including phenoxy) is 2. The molecule has 0 bridgehead atoms. The third-order valence-corrected chi connectivity index (χ3v) is 5.75. The molecule has 146 valence electrons. The molecule has 7 nitrogen and oxygen atoms in total. The SMILES string of the molecule is COc1ccc(Oc2nc3ccccn3c(=O)c2/C=C2\SC(=S)N(C)C2=O)cc1. The Hall–Kier alpha value is -3.17. The Kier molecular flexibility index (Phi) is 5.08. The van der Waals surface area contributed by atoms with Gasteiger partial charge in [-0.25, -0.2) is 0 Å². The van der Waals surface area contributed by atoms with Crippen molar-refractivity contribution in [1.29, 1.82) is 0 Å². The van der Waals surface area contributed by atoms with E-state index in [2.05, 4.69) is 4.98 Å². The standard InChI is InChI=1S/C20H15N3O4S2/c1-22-19(25)15(29-20(22)28)11-14-17(27-13-8-6-12(26-2)7-9-13)21-16-5-3-4-10-23(16)18(14)24/h3-11H,1-2H3/b15-11-. The molecule has 0 atom stereocenters. The van der Waals surface area contributed by atoms with E-state index in [4.69, 9.17) is 21.7 Å². The Morgan fingerprint density at radius 1 is 1.10 bits per heavy atom. The van der Waals surface area contributed by atoms with Crippen LogP contribution in [0, 0.1) is 0 Å². The topological polar surface area (TPSA) is 73.1 Å². The number of hydrogen-bond donors (Lipinski definition) is 0. The van der Waals surface area contributed by atoms with Gasteiger partial charge in [-0.05, 0) is 42.5 Å². The van der Waals surface area contributed by atoms with Crippen molar-refractivity contribution in [3.63, 3.8) is 0 Å². The fourth-order valence-corrected chi connectivity index (χ4v) is 3.88. The average molecular weight is 425 g/mol. The van der Waals surface area contributed by atoms with E-state index >= 15 is 0 Å². The molecule has 3 aromatic rings. The van der Waals surface area contributed by atoms with E-state index < -0.39 is 0 Å². The molecule has 1 aliphatic heterocycles. The zero-order chi connectivity index (χ0) is 20.5. The summed E-state index contributed by atoms with van der Waals surface area (Å²) in [6.45, 7) is 0. The van der Waals surface area contributed by atoms with Gasteiger partial charge in [0.1, 0.15) is 27.0 Å². The lowest BCUT2D eigenvalue weighted by molar-refractivity contribution is -0.121. The molecule has 4 rings (SSSR count). The van der Waals surface area contributed by atoms with E-state index in [1.165, 1.54) is 15.4 Å². The van der Waals surface area contributed by atoms with Crippen molar-refractivity contribution in [2.24, 2.45) is 0 Å². The van der Waals surface area contributed by atoms with Gasteiger partial charge in [0.2, 0.25) is 5.88 Å². The van der Waals surface area contributed by atoms with E-state index in [9.17, 15) is 9.59 Å². The zero-order valence-corrected chi connectivity index (χ0v) is 17.1. The number of aromatic nitrogens is 2. The Labute approximate surface area is 175 Å². The molecule has 2 aromatic heterocycles. The van der Waals surface area contributed by atoms with Crippen LogP contribution < -0.4 is 15.0 Å². The van der Waals surface area contributed by atoms with Crippen molar-refractivity contribution in [3.05, 3.63) is 69.5 Å². The number of amides is 1. The number of benzene rings is 1. The van der Waals surface area contributed by atoms with E-state index in [1.807, 2.05) is 0 Å². The number of pyridine rings is 1. The van der Waals surface area contributed by atoms with E-state index in [0.717, 1.165) is 11.8 Å². The van der Waals surface area contributed by atoms with Crippen LogP contribution in [0.3, 0.4) is 0 Å². The number of thioether (sulfide) groups is 1. The number of fused-ring (bicyclic) bond motifs is 1. The van der Waals surface area contributed by atoms with Gasteiger partial charge in [0.05, 0.1) is 12.0 Å². The van der Waals surface area contributed by atoms with Crippen LogP contribution in [0.5, 0.6) is 17.4 Å². The summed E-state index contributed by atoms with van der Waals surface area (Å²) >= 11 is 6.30. The van der Waals surface area contributed by atoms with Crippen LogP contribution in [0.25, 0.3) is 11.7 Å². The first-order chi connectivity index (χ1) is 14.0. The first-order valence-corrected chi connectivity index (χ1v) is 9.75. The second-order valence-corrected chi connectivity index (χ2v) is 7.76. The number of carbonyl (C=O) groups is 1. The molecule has 0 radical (unpaired) electrons. The van der Waals surface area contributed by atoms with Crippen molar-refractivity contribution in [3.8, 4) is 17.4 Å². The van der Waals surface area contributed by atoms with Crippen LogP contribution in [0.4, 0.5) is 0 Å². The maximum absolute atomic E-state index is 13.1. The van der Waals surface area contributed by atoms with E-state index in [0.29, 0.717) is 26.4 Å². The predicted octanol–water partition coefficient (Wildman–Crippen LogP) is 3.33. The summed E-state index contributed by atoms with van der Waals surface area (Å²) in [4.78, 5) is 31.7. The number of likely N-dealkylation sites (N-methyl/N-ethyl adjacent to an activating group) is 1. The molecule has 1 fully saturated rings. The summed E-state index contributed by atoms with van der Waals surface area (Å²) < 4.78 is 12.9. The Morgan fingerprint density at radius 2 is 1.83 bits per heavy atom. The molecule has 0 aliphatic carbocycles. The van der Waals surface area contributed by atoms with Gasteiger partial charge in [0.15, 0.2) is 0 Å². The predicted molar refractivity (Wildman–Crippen MR) is 115 cm³/mol. The molecule has 3 heterocycles. The number of thiocarbonyl (C=S) groups is 1. The normalized spacial score (nSPS) is 15.4. The minimum absolute atomic E-state index is 0.104. The van der Waals surface area contributed by atoms with Gasteiger partial charge in [-0.1, -0.05) is 30.0 Å². The van der Waals surface area contributed by atoms with E-state index in [1.54, 1.807) is 62.8 Å². The molecule has 9 heteroatoms. The molecule has 1 saturated heterocycles. The molecule has 0 spiro atoms. The van der Waals surface area contributed by atoms with Gasteiger partial charge >= 0.3 is 0 Å². The first kappa shape index (κ1) is 19.2. The molecule has 1 amide bonds. The third-order valence-electron chi connectivity index (χ3n) is 4.27. The van der Waals surface area contributed by atoms with Crippen molar-refractivity contribution in [2.75, 3.05) is 14.2 Å². The molecule has 0 unspecified atom stereocenters. The number of methoxy groups -OCH3 is 1. The lowest BCUT2D eigenvalue weighted by Gasteiger charge is -2.10. The highest BCUT2D eigenvalue weighted by atomic mass is 32.2. The van der Waals surface area contributed by atoms with Crippen LogP contribution in [-0.4, -0.2) is 38.7 Å². The molecule has 29 heavy (non-hydrogen) atoms. The highest BCUT2D eigenvalue weighted by Crippen LogP contribution is 2.33. The van der Waals surface area contributed by atoms with Crippen LogP contribution in [0.2, 0.25) is 0 Å². The van der Waals surface area contributed by atoms with Gasteiger partial charge in [0.25, 0.3) is 11.5 Å². The number of nitrogens with zero attached hydrogens (tertiary/aromatic N) is 3. The molecule has 0 N–H and O–H groups in total. The molecule has 0 saturated carbocycles. The zero-order valence-electron chi connectivity index (χ0n) is 15.5. The Balaban J connectivity index is 1.86. The molecule has 1 aliphatic rings. The number of carbonyl (C=O) groups excluding carboxylic acids is 1. The smallest absolute Gasteiger partial charge is 0.269 e. The summed E-state index contributed by atoms with van der Waals surface area (Å²) in [5, 5.41) is 0. The van der Waals surface area contributed by atoms with Crippen molar-refractivity contribution in [2.45, 2.75) is 0 Å². The van der Waals surface area contributed by atoms with Crippen LogP contribution >= 0.6 is 24.0 Å². The van der Waals surface area contributed by atoms with Crippen molar-refractivity contribution >= 4 is 45.9 Å². The first-order valence-electron chi connectivity index (χ1n) is 8.53. The minimum Gasteiger partial charge on any atom is -0.497 e. The molecular weight excluding hydrogens is 410 g/mol. The average Bonchev–Trinajstić information content (AvgIpc) is 2.98. The molecule has 1 aromatic carbocycles. The number of rotatable bonds is 4. The van der Waals surface area contributed by atoms with Crippen molar-refractivity contribution < 1.29 is 14.3 Å². The summed E-state index contributed by atoms with van der Waals surface area (Å²) in [6.07, 6.45) is 3.10.